The van der Waals surface area contributed by atoms with Gasteiger partial charge in [-0.1, -0.05) is 12.8 Å². The van der Waals surface area contributed by atoms with Crippen LogP contribution in [-0.2, 0) is 4.79 Å². The van der Waals surface area contributed by atoms with Gasteiger partial charge in [0.2, 0.25) is 5.91 Å². The lowest BCUT2D eigenvalue weighted by Gasteiger charge is -2.17. The van der Waals surface area contributed by atoms with E-state index in [1.807, 2.05) is 30.3 Å². The van der Waals surface area contributed by atoms with Gasteiger partial charge in [0, 0.05) is 41.3 Å². The Balaban J connectivity index is 1.65. The fourth-order valence-electron chi connectivity index (χ4n) is 3.94. The largest absolute Gasteiger partial charge is 0.378 e. The summed E-state index contributed by atoms with van der Waals surface area (Å²) < 4.78 is 2.35. The van der Waals surface area contributed by atoms with Gasteiger partial charge in [-0.25, -0.2) is 0 Å². The van der Waals surface area contributed by atoms with Gasteiger partial charge in [-0.15, -0.1) is 0 Å². The van der Waals surface area contributed by atoms with Gasteiger partial charge in [0.1, 0.15) is 0 Å². The molecule has 2 aromatic rings. The van der Waals surface area contributed by atoms with Gasteiger partial charge in [0.25, 0.3) is 0 Å². The topological polar surface area (TPSA) is 63.1 Å². The average Bonchev–Trinajstić information content (AvgIpc) is 3.21. The molecule has 0 saturated heterocycles. The first-order valence-corrected chi connectivity index (χ1v) is 9.29. The van der Waals surface area contributed by atoms with Crippen LogP contribution in [0.3, 0.4) is 0 Å². The van der Waals surface area contributed by atoms with Crippen molar-refractivity contribution in [1.82, 2.24) is 4.57 Å². The zero-order chi connectivity index (χ0) is 18.7. The van der Waals surface area contributed by atoms with E-state index >= 15 is 0 Å². The van der Waals surface area contributed by atoms with E-state index in [1.165, 1.54) is 38.3 Å². The number of anilines is 2. The lowest BCUT2D eigenvalue weighted by atomic mass is 10.1. The second-order valence-corrected chi connectivity index (χ2v) is 7.13. The quantitative estimate of drug-likeness (QED) is 0.753. The third-order valence-corrected chi connectivity index (χ3v) is 5.13. The Kier molecular flexibility index (Phi) is 5.45. The summed E-state index contributed by atoms with van der Waals surface area (Å²) >= 11 is 0. The van der Waals surface area contributed by atoms with Crippen LogP contribution in [0.15, 0.2) is 30.3 Å². The molecule has 26 heavy (non-hydrogen) atoms. The van der Waals surface area contributed by atoms with Gasteiger partial charge < -0.3 is 15.2 Å². The molecule has 5 heteroatoms. The first kappa shape index (κ1) is 18.2. The molecule has 2 N–H and O–H groups in total. The molecule has 0 aliphatic heterocycles. The van der Waals surface area contributed by atoms with Crippen molar-refractivity contribution in [2.24, 2.45) is 0 Å². The molecule has 0 bridgehead atoms. The molecule has 5 nitrogen and oxygen atoms in total. The maximum atomic E-state index is 12.7. The highest BCUT2D eigenvalue weighted by molar-refractivity contribution is 6.00. The number of carbonyl (C=O) groups is 2. The third kappa shape index (κ3) is 3.98. The molecule has 1 aromatic carbocycles. The first-order valence-electron chi connectivity index (χ1n) is 9.29. The van der Waals surface area contributed by atoms with Crippen LogP contribution in [0, 0.1) is 13.8 Å². The van der Waals surface area contributed by atoms with Crippen molar-refractivity contribution >= 4 is 23.1 Å². The molecule has 0 spiro atoms. The molecule has 1 amide bonds. The second kappa shape index (κ2) is 7.77. The number of aromatic nitrogens is 1. The predicted molar refractivity (Wildman–Crippen MR) is 105 cm³/mol. The number of carbonyl (C=O) groups excluding carboxylic acids is 2. The molecular weight excluding hydrogens is 326 g/mol. The molecule has 0 unspecified atom stereocenters. The SMILES string of the molecule is CC(=O)Nc1ccc(NCC(=O)c2cc(C)n(C3CCCC3)c2C)cc1. The highest BCUT2D eigenvalue weighted by Crippen LogP contribution is 2.33. The number of ketones is 1. The van der Waals surface area contributed by atoms with Crippen molar-refractivity contribution in [1.29, 1.82) is 0 Å². The number of hydrogen-bond donors (Lipinski definition) is 2. The molecule has 1 saturated carbocycles. The molecular formula is C21H27N3O2. The second-order valence-electron chi connectivity index (χ2n) is 7.13. The number of amides is 1. The molecule has 1 aliphatic carbocycles. The van der Waals surface area contributed by atoms with E-state index in [0.717, 1.165) is 22.6 Å². The number of aryl methyl sites for hydroxylation is 1. The van der Waals surface area contributed by atoms with Crippen molar-refractivity contribution < 1.29 is 9.59 Å². The Morgan fingerprint density at radius 1 is 1.08 bits per heavy atom. The van der Waals surface area contributed by atoms with E-state index in [1.54, 1.807) is 0 Å². The van der Waals surface area contributed by atoms with Crippen molar-refractivity contribution in [2.45, 2.75) is 52.5 Å². The zero-order valence-electron chi connectivity index (χ0n) is 15.8. The number of benzene rings is 1. The molecule has 3 rings (SSSR count). The van der Waals surface area contributed by atoms with Crippen molar-refractivity contribution in [3.63, 3.8) is 0 Å². The van der Waals surface area contributed by atoms with Crippen LogP contribution >= 0.6 is 0 Å². The van der Waals surface area contributed by atoms with Gasteiger partial charge in [0.05, 0.1) is 6.54 Å². The van der Waals surface area contributed by atoms with Crippen LogP contribution in [0.25, 0.3) is 0 Å². The molecule has 1 aromatic heterocycles. The monoisotopic (exact) mass is 353 g/mol. The van der Waals surface area contributed by atoms with E-state index in [4.69, 9.17) is 0 Å². The average molecular weight is 353 g/mol. The van der Waals surface area contributed by atoms with E-state index in [9.17, 15) is 9.59 Å². The summed E-state index contributed by atoms with van der Waals surface area (Å²) in [5, 5.41) is 5.91. The van der Waals surface area contributed by atoms with Gasteiger partial charge in [-0.2, -0.15) is 0 Å². The third-order valence-electron chi connectivity index (χ3n) is 5.13. The highest BCUT2D eigenvalue weighted by atomic mass is 16.1. The number of nitrogens with zero attached hydrogens (tertiary/aromatic N) is 1. The summed E-state index contributed by atoms with van der Waals surface area (Å²) in [6.45, 7) is 5.89. The minimum absolute atomic E-state index is 0.0986. The van der Waals surface area contributed by atoms with Gasteiger partial charge in [-0.05, 0) is 57.0 Å². The van der Waals surface area contributed by atoms with E-state index in [-0.39, 0.29) is 18.2 Å². The van der Waals surface area contributed by atoms with Crippen LogP contribution in [-0.4, -0.2) is 22.8 Å². The standard InChI is InChI=1S/C21H27N3O2/c1-14-12-20(15(2)24(14)19-6-4-5-7-19)21(26)13-22-17-8-10-18(11-9-17)23-16(3)25/h8-12,19,22H,4-7,13H2,1-3H3,(H,23,25). The van der Waals surface area contributed by atoms with Crippen LogP contribution < -0.4 is 10.6 Å². The minimum atomic E-state index is -0.0986. The summed E-state index contributed by atoms with van der Waals surface area (Å²) in [6.07, 6.45) is 4.98. The van der Waals surface area contributed by atoms with E-state index < -0.39 is 0 Å². The summed E-state index contributed by atoms with van der Waals surface area (Å²) in [5.41, 5.74) is 4.68. The van der Waals surface area contributed by atoms with Crippen LogP contribution in [0.5, 0.6) is 0 Å². The first-order chi connectivity index (χ1) is 12.5. The van der Waals surface area contributed by atoms with Crippen molar-refractivity contribution in [2.75, 3.05) is 17.2 Å². The summed E-state index contributed by atoms with van der Waals surface area (Å²) in [6, 6.07) is 9.93. The minimum Gasteiger partial charge on any atom is -0.378 e. The molecule has 1 fully saturated rings. The van der Waals surface area contributed by atoms with Gasteiger partial charge in [0.15, 0.2) is 5.78 Å². The van der Waals surface area contributed by atoms with E-state index in [0.29, 0.717) is 6.04 Å². The summed E-state index contributed by atoms with van der Waals surface area (Å²) in [4.78, 5) is 23.8. The van der Waals surface area contributed by atoms with Crippen LogP contribution in [0.4, 0.5) is 11.4 Å². The number of hydrogen-bond acceptors (Lipinski definition) is 3. The van der Waals surface area contributed by atoms with Gasteiger partial charge in [-0.3, -0.25) is 9.59 Å². The van der Waals surface area contributed by atoms with Crippen LogP contribution in [0.2, 0.25) is 0 Å². The Morgan fingerprint density at radius 2 is 1.69 bits per heavy atom. The fraction of sp³-hybridized carbons (Fsp3) is 0.429. The lowest BCUT2D eigenvalue weighted by molar-refractivity contribution is -0.114. The zero-order valence-corrected chi connectivity index (χ0v) is 15.8. The Hall–Kier alpha value is -2.56. The van der Waals surface area contributed by atoms with E-state index in [2.05, 4.69) is 29.0 Å². The van der Waals surface area contributed by atoms with Crippen molar-refractivity contribution in [3.05, 3.63) is 47.3 Å². The molecule has 0 atom stereocenters. The molecule has 0 radical (unpaired) electrons. The lowest BCUT2D eigenvalue weighted by Crippen LogP contribution is -2.16. The molecule has 1 heterocycles. The maximum Gasteiger partial charge on any atom is 0.221 e. The summed E-state index contributed by atoms with van der Waals surface area (Å²) in [7, 11) is 0. The Morgan fingerprint density at radius 3 is 2.31 bits per heavy atom. The fourth-order valence-corrected chi connectivity index (χ4v) is 3.94. The Bertz CT molecular complexity index is 799. The van der Waals surface area contributed by atoms with Gasteiger partial charge >= 0.3 is 0 Å². The number of rotatable bonds is 6. The predicted octanol–water partition coefficient (Wildman–Crippen LogP) is 4.47. The Labute approximate surface area is 154 Å². The highest BCUT2D eigenvalue weighted by Gasteiger charge is 2.23. The van der Waals surface area contributed by atoms with Crippen LogP contribution in [0.1, 0.15) is 60.4 Å². The molecule has 1 aliphatic rings. The summed E-state index contributed by atoms with van der Waals surface area (Å²) in [5.74, 6) is 0.00629. The number of Topliss-reactive ketones (excluding diaryl/α,β-unsaturated/α-hetero) is 1. The molecule has 138 valence electrons. The maximum absolute atomic E-state index is 12.7. The number of nitrogens with one attached hydrogen (secondary N) is 2. The normalized spacial score (nSPS) is 14.4. The van der Waals surface area contributed by atoms with Crippen molar-refractivity contribution in [3.8, 4) is 0 Å². The smallest absolute Gasteiger partial charge is 0.221 e.